The van der Waals surface area contributed by atoms with E-state index in [0.29, 0.717) is 36.7 Å². The standard InChI is InChI=1S/C31H44O6/c1-4-7-8-9-10-11-12-13-14-15-31(34)37-30-22-25(32)18-20-27(30)28(33)21-17-24-16-19-26(35-5-2)23-29(24)36-6-3/h16-23,28,32-33H,4-15H2,1-3H3. The lowest BCUT2D eigenvalue weighted by atomic mass is 10.1. The lowest BCUT2D eigenvalue weighted by Crippen LogP contribution is -2.10. The van der Waals surface area contributed by atoms with Crippen LogP contribution in [0.2, 0.25) is 0 Å². The van der Waals surface area contributed by atoms with Crippen molar-refractivity contribution in [3.8, 4) is 23.0 Å². The number of esters is 1. The van der Waals surface area contributed by atoms with Crippen LogP contribution in [0, 0.1) is 0 Å². The first-order valence-corrected chi connectivity index (χ1v) is 13.8. The molecular weight excluding hydrogens is 468 g/mol. The lowest BCUT2D eigenvalue weighted by molar-refractivity contribution is -0.134. The summed E-state index contributed by atoms with van der Waals surface area (Å²) in [6.45, 7) is 7.10. The van der Waals surface area contributed by atoms with Crippen LogP contribution in [0.25, 0.3) is 6.08 Å². The van der Waals surface area contributed by atoms with Gasteiger partial charge in [0.05, 0.1) is 13.2 Å². The number of carbonyl (C=O) groups excluding carboxylic acids is 1. The number of aliphatic hydroxyl groups excluding tert-OH is 1. The first-order chi connectivity index (χ1) is 18.0. The minimum Gasteiger partial charge on any atom is -0.508 e. The maximum absolute atomic E-state index is 12.5. The Balaban J connectivity index is 1.95. The molecule has 37 heavy (non-hydrogen) atoms. The largest absolute Gasteiger partial charge is 0.508 e. The number of phenols is 1. The molecule has 2 N–H and O–H groups in total. The average Bonchev–Trinajstić information content (AvgIpc) is 2.87. The average molecular weight is 513 g/mol. The number of hydrogen-bond donors (Lipinski definition) is 2. The zero-order valence-electron chi connectivity index (χ0n) is 22.7. The molecule has 0 saturated carbocycles. The molecule has 0 heterocycles. The molecule has 6 nitrogen and oxygen atoms in total. The highest BCUT2D eigenvalue weighted by Gasteiger charge is 2.16. The van der Waals surface area contributed by atoms with Gasteiger partial charge in [0, 0.05) is 29.7 Å². The number of aromatic hydroxyl groups is 1. The Hall–Kier alpha value is -2.99. The number of phenolic OH excluding ortho intramolecular Hbond substituents is 1. The third-order valence-corrected chi connectivity index (χ3v) is 6.08. The summed E-state index contributed by atoms with van der Waals surface area (Å²) >= 11 is 0. The SMILES string of the molecule is CCCCCCCCCCCC(=O)Oc1cc(O)ccc1C(O)C=Cc1ccc(OCC)cc1OCC. The second-order valence-corrected chi connectivity index (χ2v) is 9.14. The molecule has 204 valence electrons. The zero-order chi connectivity index (χ0) is 26.9. The van der Waals surface area contributed by atoms with Crippen molar-refractivity contribution in [2.45, 2.75) is 91.1 Å². The molecule has 2 aromatic carbocycles. The van der Waals surface area contributed by atoms with Crippen molar-refractivity contribution in [2.24, 2.45) is 0 Å². The van der Waals surface area contributed by atoms with Crippen LogP contribution in [-0.2, 0) is 4.79 Å². The quantitative estimate of drug-likeness (QED) is 0.121. The number of rotatable bonds is 18. The fraction of sp³-hybridized carbons (Fsp3) is 0.516. The van der Waals surface area contributed by atoms with Crippen LogP contribution >= 0.6 is 0 Å². The molecule has 0 aliphatic rings. The molecule has 0 fully saturated rings. The fourth-order valence-corrected chi connectivity index (χ4v) is 4.10. The third kappa shape index (κ3) is 11.3. The predicted octanol–water partition coefficient (Wildman–Crippen LogP) is 7.76. The summed E-state index contributed by atoms with van der Waals surface area (Å²) in [5.41, 5.74) is 1.19. The molecule has 0 bridgehead atoms. The van der Waals surface area contributed by atoms with Crippen molar-refractivity contribution in [3.63, 3.8) is 0 Å². The van der Waals surface area contributed by atoms with Gasteiger partial charge in [0.1, 0.15) is 29.1 Å². The van der Waals surface area contributed by atoms with Gasteiger partial charge in [-0.2, -0.15) is 0 Å². The molecule has 2 aromatic rings. The van der Waals surface area contributed by atoms with E-state index in [1.807, 2.05) is 32.0 Å². The van der Waals surface area contributed by atoms with Crippen molar-refractivity contribution in [1.82, 2.24) is 0 Å². The van der Waals surface area contributed by atoms with Crippen molar-refractivity contribution < 1.29 is 29.2 Å². The number of carbonyl (C=O) groups is 1. The Morgan fingerprint density at radius 1 is 0.838 bits per heavy atom. The lowest BCUT2D eigenvalue weighted by Gasteiger charge is -2.14. The van der Waals surface area contributed by atoms with E-state index in [9.17, 15) is 15.0 Å². The predicted molar refractivity (Wildman–Crippen MR) is 148 cm³/mol. The molecule has 1 unspecified atom stereocenters. The Kier molecular flexibility index (Phi) is 14.3. The number of aliphatic hydroxyl groups is 1. The van der Waals surface area contributed by atoms with E-state index >= 15 is 0 Å². The molecule has 6 heteroatoms. The van der Waals surface area contributed by atoms with Crippen molar-refractivity contribution in [2.75, 3.05) is 13.2 Å². The molecular formula is C31H44O6. The van der Waals surface area contributed by atoms with Crippen LogP contribution in [0.5, 0.6) is 23.0 Å². The summed E-state index contributed by atoms with van der Waals surface area (Å²) in [4.78, 5) is 12.5. The van der Waals surface area contributed by atoms with Gasteiger partial charge in [0.15, 0.2) is 0 Å². The van der Waals surface area contributed by atoms with Crippen LogP contribution < -0.4 is 14.2 Å². The normalized spacial score (nSPS) is 12.0. The Morgan fingerprint density at radius 3 is 2.19 bits per heavy atom. The third-order valence-electron chi connectivity index (χ3n) is 6.08. The Labute approximate surface area is 222 Å². The monoisotopic (exact) mass is 512 g/mol. The highest BCUT2D eigenvalue weighted by atomic mass is 16.5. The van der Waals surface area contributed by atoms with Gasteiger partial charge in [0.25, 0.3) is 0 Å². The van der Waals surface area contributed by atoms with Gasteiger partial charge in [-0.15, -0.1) is 0 Å². The van der Waals surface area contributed by atoms with Crippen LogP contribution in [0.4, 0.5) is 0 Å². The molecule has 0 radical (unpaired) electrons. The van der Waals surface area contributed by atoms with Crippen LogP contribution in [0.1, 0.15) is 102 Å². The second-order valence-electron chi connectivity index (χ2n) is 9.14. The minimum atomic E-state index is -1.04. The summed E-state index contributed by atoms with van der Waals surface area (Å²) in [7, 11) is 0. The van der Waals surface area contributed by atoms with E-state index in [0.717, 1.165) is 24.8 Å². The number of unbranched alkanes of at least 4 members (excludes halogenated alkanes) is 8. The van der Waals surface area contributed by atoms with Crippen molar-refractivity contribution in [1.29, 1.82) is 0 Å². The van der Waals surface area contributed by atoms with Crippen molar-refractivity contribution >= 4 is 12.0 Å². The highest BCUT2D eigenvalue weighted by molar-refractivity contribution is 5.73. The topological polar surface area (TPSA) is 85.2 Å². The molecule has 0 aliphatic carbocycles. The molecule has 0 aromatic heterocycles. The van der Waals surface area contributed by atoms with Gasteiger partial charge in [-0.3, -0.25) is 4.79 Å². The second kappa shape index (κ2) is 17.5. The van der Waals surface area contributed by atoms with E-state index in [1.54, 1.807) is 18.2 Å². The van der Waals surface area contributed by atoms with Crippen LogP contribution in [0.15, 0.2) is 42.5 Å². The molecule has 0 aliphatic heterocycles. The number of ether oxygens (including phenoxy) is 3. The van der Waals surface area contributed by atoms with E-state index in [-0.39, 0.29) is 17.5 Å². The molecule has 0 amide bonds. The molecule has 0 spiro atoms. The molecule has 0 saturated heterocycles. The maximum atomic E-state index is 12.5. The van der Waals surface area contributed by atoms with E-state index in [4.69, 9.17) is 14.2 Å². The maximum Gasteiger partial charge on any atom is 0.311 e. The first-order valence-electron chi connectivity index (χ1n) is 13.8. The summed E-state index contributed by atoms with van der Waals surface area (Å²) in [5, 5.41) is 20.8. The molecule has 1 atom stereocenters. The summed E-state index contributed by atoms with van der Waals surface area (Å²) in [5.74, 6) is 1.13. The number of hydrogen-bond acceptors (Lipinski definition) is 6. The smallest absolute Gasteiger partial charge is 0.311 e. The van der Waals surface area contributed by atoms with E-state index in [2.05, 4.69) is 6.92 Å². The highest BCUT2D eigenvalue weighted by Crippen LogP contribution is 2.32. The fourth-order valence-electron chi connectivity index (χ4n) is 4.10. The zero-order valence-corrected chi connectivity index (χ0v) is 22.7. The van der Waals surface area contributed by atoms with Crippen LogP contribution in [0.3, 0.4) is 0 Å². The van der Waals surface area contributed by atoms with Gasteiger partial charge in [-0.25, -0.2) is 0 Å². The first kappa shape index (κ1) is 30.2. The van der Waals surface area contributed by atoms with Gasteiger partial charge < -0.3 is 24.4 Å². The number of benzene rings is 2. The summed E-state index contributed by atoms with van der Waals surface area (Å²) in [6, 6.07) is 9.92. The van der Waals surface area contributed by atoms with Gasteiger partial charge in [-0.1, -0.05) is 70.4 Å². The van der Waals surface area contributed by atoms with Crippen LogP contribution in [-0.4, -0.2) is 29.4 Å². The minimum absolute atomic E-state index is 0.0315. The Bertz CT molecular complexity index is 968. The Morgan fingerprint density at radius 2 is 1.51 bits per heavy atom. The summed E-state index contributed by atoms with van der Waals surface area (Å²) < 4.78 is 16.8. The van der Waals surface area contributed by atoms with E-state index < -0.39 is 6.10 Å². The summed E-state index contributed by atoms with van der Waals surface area (Å²) in [6.07, 6.45) is 13.1. The molecule has 2 rings (SSSR count). The van der Waals surface area contributed by atoms with Gasteiger partial charge >= 0.3 is 5.97 Å². The van der Waals surface area contributed by atoms with E-state index in [1.165, 1.54) is 50.7 Å². The van der Waals surface area contributed by atoms with Crippen molar-refractivity contribution in [3.05, 3.63) is 53.6 Å². The van der Waals surface area contributed by atoms with Gasteiger partial charge in [-0.05, 0) is 44.5 Å². The van der Waals surface area contributed by atoms with Gasteiger partial charge in [0.2, 0.25) is 0 Å².